The van der Waals surface area contributed by atoms with E-state index in [-0.39, 0.29) is 24.8 Å². The van der Waals surface area contributed by atoms with Crippen LogP contribution in [0.4, 0.5) is 10.1 Å². The number of nitriles is 1. The van der Waals surface area contributed by atoms with Crippen LogP contribution in [0.5, 0.6) is 0 Å². The zero-order chi connectivity index (χ0) is 11.1. The molecule has 0 aliphatic rings. The summed E-state index contributed by atoms with van der Waals surface area (Å²) in [7, 11) is 0. The van der Waals surface area contributed by atoms with Crippen molar-refractivity contribution >= 4 is 11.6 Å². The van der Waals surface area contributed by atoms with Crippen LogP contribution in [0.25, 0.3) is 0 Å². The van der Waals surface area contributed by atoms with E-state index >= 15 is 0 Å². The highest BCUT2D eigenvalue weighted by atomic mass is 19.1. The Hall–Kier alpha value is -2.09. The first-order valence-corrected chi connectivity index (χ1v) is 4.35. The Morgan fingerprint density at radius 3 is 3.00 bits per heavy atom. The fourth-order valence-corrected chi connectivity index (χ4v) is 0.981. The summed E-state index contributed by atoms with van der Waals surface area (Å²) in [6.07, 6.45) is 0. The molecule has 5 heteroatoms. The second kappa shape index (κ2) is 5.60. The van der Waals surface area contributed by atoms with Crippen LogP contribution in [0, 0.1) is 17.1 Å². The van der Waals surface area contributed by atoms with Crippen LogP contribution in [0.15, 0.2) is 24.3 Å². The number of carbonyl (C=O) groups is 1. The summed E-state index contributed by atoms with van der Waals surface area (Å²) in [5.41, 5.74) is 0.530. The average molecular weight is 207 g/mol. The summed E-state index contributed by atoms with van der Waals surface area (Å²) in [4.78, 5) is 11.0. The van der Waals surface area contributed by atoms with Gasteiger partial charge in [0, 0.05) is 5.69 Å². The van der Waals surface area contributed by atoms with Crippen LogP contribution in [0.1, 0.15) is 0 Å². The Morgan fingerprint density at radius 2 is 2.33 bits per heavy atom. The van der Waals surface area contributed by atoms with E-state index in [0.717, 1.165) is 0 Å². The third kappa shape index (κ3) is 4.09. The summed E-state index contributed by atoms with van der Waals surface area (Å²) in [5, 5.41) is 13.3. The largest absolute Gasteiger partial charge is 0.376 e. The Kier molecular flexibility index (Phi) is 4.10. The first-order valence-electron chi connectivity index (χ1n) is 4.35. The molecular weight excluding hydrogens is 197 g/mol. The molecule has 0 heterocycles. The minimum absolute atomic E-state index is 0.0190. The summed E-state index contributed by atoms with van der Waals surface area (Å²) >= 11 is 0. The van der Waals surface area contributed by atoms with E-state index in [4.69, 9.17) is 5.26 Å². The molecule has 1 aromatic rings. The lowest BCUT2D eigenvalue weighted by atomic mass is 10.3. The lowest BCUT2D eigenvalue weighted by molar-refractivity contribution is -0.119. The van der Waals surface area contributed by atoms with Crippen molar-refractivity contribution in [2.24, 2.45) is 0 Å². The molecule has 0 fully saturated rings. The van der Waals surface area contributed by atoms with Gasteiger partial charge in [-0.15, -0.1) is 0 Å². The number of amides is 1. The van der Waals surface area contributed by atoms with Gasteiger partial charge < -0.3 is 10.6 Å². The highest BCUT2D eigenvalue weighted by molar-refractivity contribution is 5.80. The number of anilines is 1. The number of hydrogen-bond acceptors (Lipinski definition) is 3. The Labute approximate surface area is 86.7 Å². The van der Waals surface area contributed by atoms with Crippen molar-refractivity contribution in [3.63, 3.8) is 0 Å². The number of carbonyl (C=O) groups excluding carboxylic acids is 1. The fraction of sp³-hybridized carbons (Fsp3) is 0.200. The standard InChI is InChI=1S/C10H10FN3O/c11-8-2-1-3-9(6-8)14-7-10(15)13-5-4-12/h1-3,6,14H,5,7H2,(H,13,15). The predicted molar refractivity (Wildman–Crippen MR) is 53.5 cm³/mol. The van der Waals surface area contributed by atoms with Crippen LogP contribution >= 0.6 is 0 Å². The molecule has 0 saturated heterocycles. The number of nitrogens with zero attached hydrogens (tertiary/aromatic N) is 1. The molecule has 1 aromatic carbocycles. The van der Waals surface area contributed by atoms with Crippen LogP contribution in [0.2, 0.25) is 0 Å². The molecule has 2 N–H and O–H groups in total. The van der Waals surface area contributed by atoms with Gasteiger partial charge in [-0.3, -0.25) is 4.79 Å². The normalized spacial score (nSPS) is 9.07. The second-order valence-corrected chi connectivity index (χ2v) is 2.80. The maximum absolute atomic E-state index is 12.7. The smallest absolute Gasteiger partial charge is 0.240 e. The molecule has 0 unspecified atom stereocenters. The molecular formula is C10H10FN3O. The van der Waals surface area contributed by atoms with Gasteiger partial charge in [0.1, 0.15) is 12.4 Å². The van der Waals surface area contributed by atoms with Crippen molar-refractivity contribution < 1.29 is 9.18 Å². The van der Waals surface area contributed by atoms with E-state index in [2.05, 4.69) is 10.6 Å². The molecule has 0 aromatic heterocycles. The molecule has 0 bridgehead atoms. The molecule has 0 radical (unpaired) electrons. The van der Waals surface area contributed by atoms with Crippen LogP contribution in [-0.2, 0) is 4.79 Å². The van der Waals surface area contributed by atoms with Gasteiger partial charge in [-0.25, -0.2) is 4.39 Å². The third-order valence-electron chi connectivity index (χ3n) is 1.64. The molecule has 0 saturated carbocycles. The summed E-state index contributed by atoms with van der Waals surface area (Å²) in [6.45, 7) is -0.00516. The Balaban J connectivity index is 2.37. The number of nitrogens with one attached hydrogen (secondary N) is 2. The molecule has 1 rings (SSSR count). The summed E-state index contributed by atoms with van der Waals surface area (Å²) in [6, 6.07) is 7.60. The maximum Gasteiger partial charge on any atom is 0.240 e. The number of halogens is 1. The molecule has 0 aliphatic heterocycles. The highest BCUT2D eigenvalue weighted by Gasteiger charge is 2.00. The molecule has 4 nitrogen and oxygen atoms in total. The minimum atomic E-state index is -0.363. The van der Waals surface area contributed by atoms with Gasteiger partial charge in [0.05, 0.1) is 12.6 Å². The maximum atomic E-state index is 12.7. The fourth-order valence-electron chi connectivity index (χ4n) is 0.981. The number of benzene rings is 1. The van der Waals surface area contributed by atoms with Crippen molar-refractivity contribution in [2.45, 2.75) is 0 Å². The van der Waals surface area contributed by atoms with Crippen molar-refractivity contribution in [3.8, 4) is 6.07 Å². The van der Waals surface area contributed by atoms with E-state index in [1.165, 1.54) is 12.1 Å². The lowest BCUT2D eigenvalue weighted by Crippen LogP contribution is -2.29. The highest BCUT2D eigenvalue weighted by Crippen LogP contribution is 2.07. The van der Waals surface area contributed by atoms with Crippen molar-refractivity contribution in [1.82, 2.24) is 5.32 Å². The van der Waals surface area contributed by atoms with Crippen LogP contribution < -0.4 is 10.6 Å². The Bertz CT molecular complexity index is 386. The van der Waals surface area contributed by atoms with E-state index in [1.807, 2.05) is 0 Å². The van der Waals surface area contributed by atoms with E-state index < -0.39 is 0 Å². The molecule has 0 spiro atoms. The van der Waals surface area contributed by atoms with Gasteiger partial charge in [-0.2, -0.15) is 5.26 Å². The summed E-state index contributed by atoms with van der Waals surface area (Å²) < 4.78 is 12.7. The predicted octanol–water partition coefficient (Wildman–Crippen LogP) is 0.877. The minimum Gasteiger partial charge on any atom is -0.376 e. The zero-order valence-electron chi connectivity index (χ0n) is 7.96. The molecule has 15 heavy (non-hydrogen) atoms. The van der Waals surface area contributed by atoms with Gasteiger partial charge in [-0.05, 0) is 18.2 Å². The third-order valence-corrected chi connectivity index (χ3v) is 1.64. The quantitative estimate of drug-likeness (QED) is 0.720. The van der Waals surface area contributed by atoms with Crippen LogP contribution in [0.3, 0.4) is 0 Å². The first-order chi connectivity index (χ1) is 7.22. The monoisotopic (exact) mass is 207 g/mol. The second-order valence-electron chi connectivity index (χ2n) is 2.80. The SMILES string of the molecule is N#CCNC(=O)CNc1cccc(F)c1. The lowest BCUT2D eigenvalue weighted by Gasteiger charge is -2.05. The van der Waals surface area contributed by atoms with E-state index in [9.17, 15) is 9.18 Å². The number of hydrogen-bond donors (Lipinski definition) is 2. The Morgan fingerprint density at radius 1 is 1.53 bits per heavy atom. The van der Waals surface area contributed by atoms with Crippen LogP contribution in [-0.4, -0.2) is 19.0 Å². The van der Waals surface area contributed by atoms with E-state index in [0.29, 0.717) is 5.69 Å². The van der Waals surface area contributed by atoms with Gasteiger partial charge in [0.25, 0.3) is 0 Å². The topological polar surface area (TPSA) is 64.9 Å². The molecule has 1 amide bonds. The molecule has 0 aliphatic carbocycles. The van der Waals surface area contributed by atoms with Crippen molar-refractivity contribution in [3.05, 3.63) is 30.1 Å². The van der Waals surface area contributed by atoms with Gasteiger partial charge in [-0.1, -0.05) is 6.07 Å². The van der Waals surface area contributed by atoms with Crippen molar-refractivity contribution in [2.75, 3.05) is 18.4 Å². The first kappa shape index (κ1) is 11.0. The van der Waals surface area contributed by atoms with Gasteiger partial charge in [0.2, 0.25) is 5.91 Å². The average Bonchev–Trinajstić information content (AvgIpc) is 2.23. The van der Waals surface area contributed by atoms with Crippen molar-refractivity contribution in [1.29, 1.82) is 5.26 Å². The van der Waals surface area contributed by atoms with Gasteiger partial charge in [0.15, 0.2) is 0 Å². The number of rotatable bonds is 4. The van der Waals surface area contributed by atoms with E-state index in [1.54, 1.807) is 18.2 Å². The molecule has 78 valence electrons. The zero-order valence-corrected chi connectivity index (χ0v) is 7.96. The molecule has 0 atom stereocenters. The summed E-state index contributed by atoms with van der Waals surface area (Å²) in [5.74, 6) is -0.668. The van der Waals surface area contributed by atoms with Gasteiger partial charge >= 0.3 is 0 Å².